The van der Waals surface area contributed by atoms with Crippen molar-refractivity contribution in [1.29, 1.82) is 0 Å². The van der Waals surface area contributed by atoms with Crippen LogP contribution in [-0.2, 0) is 13.6 Å². The number of carbonyl (C=O) groups is 1. The van der Waals surface area contributed by atoms with E-state index in [0.29, 0.717) is 12.2 Å². The third-order valence-electron chi connectivity index (χ3n) is 4.17. The third-order valence-corrected chi connectivity index (χ3v) is 4.17. The van der Waals surface area contributed by atoms with Crippen molar-refractivity contribution in [2.75, 3.05) is 0 Å². The number of carbonyl (C=O) groups excluding carboxylic acids is 1. The Hall–Kier alpha value is -3.48. The van der Waals surface area contributed by atoms with Crippen LogP contribution >= 0.6 is 0 Å². The van der Waals surface area contributed by atoms with Crippen molar-refractivity contribution in [3.8, 4) is 11.3 Å². The molecule has 3 aromatic heterocycles. The smallest absolute Gasteiger partial charge is 0.272 e. The van der Waals surface area contributed by atoms with Gasteiger partial charge in [-0.15, -0.1) is 0 Å². The second kappa shape index (κ2) is 6.44. The number of benzene rings is 1. The van der Waals surface area contributed by atoms with Crippen molar-refractivity contribution in [2.24, 2.45) is 7.05 Å². The molecule has 0 unspecified atom stereocenters. The largest absolute Gasteiger partial charge is 0.343 e. The molecule has 4 rings (SSSR count). The summed E-state index contributed by atoms with van der Waals surface area (Å²) < 4.78 is 16.6. The van der Waals surface area contributed by atoms with Gasteiger partial charge >= 0.3 is 0 Å². The predicted molar refractivity (Wildman–Crippen MR) is 95.0 cm³/mol. The molecule has 1 amide bonds. The molecule has 1 N–H and O–H groups in total. The van der Waals surface area contributed by atoms with E-state index in [1.807, 2.05) is 28.8 Å². The van der Waals surface area contributed by atoms with Crippen molar-refractivity contribution in [1.82, 2.24) is 24.5 Å². The molecule has 7 heteroatoms. The number of nitrogens with zero attached hydrogens (tertiary/aromatic N) is 4. The Labute approximate surface area is 148 Å². The maximum absolute atomic E-state index is 13.1. The van der Waals surface area contributed by atoms with E-state index in [0.717, 1.165) is 22.6 Å². The lowest BCUT2D eigenvalue weighted by Gasteiger charge is -2.02. The number of aromatic nitrogens is 4. The van der Waals surface area contributed by atoms with Crippen LogP contribution in [0.1, 0.15) is 16.3 Å². The molecule has 0 bridgehead atoms. The molecule has 6 nitrogen and oxygen atoms in total. The number of hydrogen-bond acceptors (Lipinski definition) is 3. The molecule has 3 heterocycles. The van der Waals surface area contributed by atoms with Crippen LogP contribution in [0.4, 0.5) is 4.39 Å². The van der Waals surface area contributed by atoms with E-state index in [4.69, 9.17) is 0 Å². The summed E-state index contributed by atoms with van der Waals surface area (Å²) in [5, 5.41) is 7.09. The van der Waals surface area contributed by atoms with Crippen molar-refractivity contribution in [3.05, 3.63) is 78.3 Å². The number of fused-ring (bicyclic) bond motifs is 1. The van der Waals surface area contributed by atoms with Gasteiger partial charge in [-0.2, -0.15) is 5.10 Å². The number of hydrogen-bond donors (Lipinski definition) is 1. The highest BCUT2D eigenvalue weighted by molar-refractivity contribution is 5.93. The third kappa shape index (κ3) is 2.95. The van der Waals surface area contributed by atoms with E-state index in [2.05, 4.69) is 15.4 Å². The molecular weight excluding hydrogens is 333 g/mol. The van der Waals surface area contributed by atoms with Gasteiger partial charge < -0.3 is 9.72 Å². The summed E-state index contributed by atoms with van der Waals surface area (Å²) in [6.07, 6.45) is 3.66. The normalized spacial score (nSPS) is 11.0. The first-order valence-electron chi connectivity index (χ1n) is 8.11. The molecule has 4 aromatic rings. The standard InChI is InChI=1S/C19H16FN5O/c1-24-17(13-5-7-14(20)8-6-13)10-16(23-24)19(26)22-12-18-21-11-15-4-2-3-9-25(15)18/h2-11H,12H2,1H3,(H,22,26). The maximum Gasteiger partial charge on any atom is 0.272 e. The monoisotopic (exact) mass is 349 g/mol. The summed E-state index contributed by atoms with van der Waals surface area (Å²) in [6, 6.07) is 13.6. The zero-order valence-corrected chi connectivity index (χ0v) is 14.1. The van der Waals surface area contributed by atoms with Crippen molar-refractivity contribution in [3.63, 3.8) is 0 Å². The number of amides is 1. The quantitative estimate of drug-likeness (QED) is 0.616. The number of rotatable bonds is 4. The van der Waals surface area contributed by atoms with Crippen molar-refractivity contribution in [2.45, 2.75) is 6.54 Å². The van der Waals surface area contributed by atoms with Crippen LogP contribution in [0.2, 0.25) is 0 Å². The van der Waals surface area contributed by atoms with Gasteiger partial charge in [-0.1, -0.05) is 6.07 Å². The van der Waals surface area contributed by atoms with Gasteiger partial charge in [0, 0.05) is 13.2 Å². The molecule has 0 aliphatic rings. The van der Waals surface area contributed by atoms with Crippen LogP contribution in [0.25, 0.3) is 16.8 Å². The Kier molecular flexibility index (Phi) is 3.96. The van der Waals surface area contributed by atoms with Crippen LogP contribution in [0.3, 0.4) is 0 Å². The molecule has 1 aromatic carbocycles. The zero-order valence-electron chi connectivity index (χ0n) is 14.1. The lowest BCUT2D eigenvalue weighted by atomic mass is 10.1. The highest BCUT2D eigenvalue weighted by Gasteiger charge is 2.14. The molecule has 130 valence electrons. The van der Waals surface area contributed by atoms with E-state index in [-0.39, 0.29) is 11.7 Å². The highest BCUT2D eigenvalue weighted by Crippen LogP contribution is 2.20. The number of pyridine rings is 1. The van der Waals surface area contributed by atoms with Gasteiger partial charge in [0.05, 0.1) is 24.0 Å². The van der Waals surface area contributed by atoms with E-state index < -0.39 is 0 Å². The summed E-state index contributed by atoms with van der Waals surface area (Å²) in [7, 11) is 1.75. The van der Waals surface area contributed by atoms with Crippen LogP contribution in [0.15, 0.2) is 60.9 Å². The molecule has 0 aliphatic carbocycles. The van der Waals surface area contributed by atoms with Crippen LogP contribution < -0.4 is 5.32 Å². The Morgan fingerprint density at radius 1 is 1.19 bits per heavy atom. The molecule has 0 fully saturated rings. The molecule has 0 saturated carbocycles. The van der Waals surface area contributed by atoms with Gasteiger partial charge in [0.2, 0.25) is 0 Å². The number of halogens is 1. The topological polar surface area (TPSA) is 64.2 Å². The van der Waals surface area contributed by atoms with Gasteiger partial charge in [0.15, 0.2) is 5.69 Å². The van der Waals surface area contributed by atoms with E-state index in [1.54, 1.807) is 36.1 Å². The molecule has 0 saturated heterocycles. The fraction of sp³-hybridized carbons (Fsp3) is 0.105. The van der Waals surface area contributed by atoms with Crippen LogP contribution in [0.5, 0.6) is 0 Å². The van der Waals surface area contributed by atoms with E-state index in [1.165, 1.54) is 12.1 Å². The van der Waals surface area contributed by atoms with E-state index in [9.17, 15) is 9.18 Å². The number of aryl methyl sites for hydroxylation is 1. The fourth-order valence-corrected chi connectivity index (χ4v) is 2.85. The lowest BCUT2D eigenvalue weighted by Crippen LogP contribution is -2.24. The SMILES string of the molecule is Cn1nc(C(=O)NCc2ncc3ccccn23)cc1-c1ccc(F)cc1. The Balaban J connectivity index is 1.52. The Morgan fingerprint density at radius 3 is 2.81 bits per heavy atom. The lowest BCUT2D eigenvalue weighted by molar-refractivity contribution is 0.0944. The van der Waals surface area contributed by atoms with E-state index >= 15 is 0 Å². The molecule has 0 atom stereocenters. The second-order valence-corrected chi connectivity index (χ2v) is 5.90. The maximum atomic E-state index is 13.1. The summed E-state index contributed by atoms with van der Waals surface area (Å²) in [4.78, 5) is 16.8. The average Bonchev–Trinajstić information content (AvgIpc) is 3.24. The minimum atomic E-state index is -0.305. The van der Waals surface area contributed by atoms with Crippen molar-refractivity contribution < 1.29 is 9.18 Å². The molecule has 0 radical (unpaired) electrons. The first-order valence-corrected chi connectivity index (χ1v) is 8.11. The minimum Gasteiger partial charge on any atom is -0.343 e. The number of imidazole rings is 1. The molecule has 26 heavy (non-hydrogen) atoms. The van der Waals surface area contributed by atoms with Crippen LogP contribution in [0, 0.1) is 5.82 Å². The van der Waals surface area contributed by atoms with Gasteiger partial charge in [0.25, 0.3) is 5.91 Å². The van der Waals surface area contributed by atoms with Gasteiger partial charge in [-0.25, -0.2) is 9.37 Å². The summed E-state index contributed by atoms with van der Waals surface area (Å²) in [5.41, 5.74) is 2.79. The molecule has 0 spiro atoms. The highest BCUT2D eigenvalue weighted by atomic mass is 19.1. The van der Waals surface area contributed by atoms with Gasteiger partial charge in [0.1, 0.15) is 11.6 Å². The van der Waals surface area contributed by atoms with Gasteiger partial charge in [-0.05, 0) is 48.0 Å². The fourth-order valence-electron chi connectivity index (χ4n) is 2.85. The summed E-state index contributed by atoms with van der Waals surface area (Å²) in [6.45, 7) is 0.291. The minimum absolute atomic E-state index is 0.290. The molecule has 0 aliphatic heterocycles. The first kappa shape index (κ1) is 16.0. The number of nitrogens with one attached hydrogen (secondary N) is 1. The molecular formula is C19H16FN5O. The van der Waals surface area contributed by atoms with Crippen molar-refractivity contribution >= 4 is 11.4 Å². The van der Waals surface area contributed by atoms with Crippen LogP contribution in [-0.4, -0.2) is 25.1 Å². The Morgan fingerprint density at radius 2 is 2.00 bits per heavy atom. The zero-order chi connectivity index (χ0) is 18.1. The first-order chi connectivity index (χ1) is 12.6. The predicted octanol–water partition coefficient (Wildman–Crippen LogP) is 2.80. The summed E-state index contributed by atoms with van der Waals surface area (Å²) >= 11 is 0. The van der Waals surface area contributed by atoms with Gasteiger partial charge in [-0.3, -0.25) is 9.48 Å². The average molecular weight is 349 g/mol. The Bertz CT molecular complexity index is 1080. The summed E-state index contributed by atoms with van der Waals surface area (Å²) in [5.74, 6) is 0.145. The second-order valence-electron chi connectivity index (χ2n) is 5.90.